The van der Waals surface area contributed by atoms with Gasteiger partial charge >= 0.3 is 0 Å². The third-order valence-corrected chi connectivity index (χ3v) is 7.47. The standard InChI is InChI=1S/C21H20N2O2S2/c24-16(13-6-2-1-3-7-13)12-26-21-22-19-18(20(25)23(21)14-10-11-14)15-8-4-5-9-17(15)27-19/h1-3,6-7,14H,4-5,8-12H2. The number of carbonyl (C=O) groups excluding carboxylic acids is 1. The molecule has 2 aliphatic rings. The maximum atomic E-state index is 13.3. The first-order valence-corrected chi connectivity index (χ1v) is 11.3. The molecule has 0 atom stereocenters. The van der Waals surface area contributed by atoms with E-state index in [2.05, 4.69) is 0 Å². The third-order valence-electron chi connectivity index (χ3n) is 5.33. The lowest BCUT2D eigenvalue weighted by Crippen LogP contribution is -2.23. The highest BCUT2D eigenvalue weighted by Gasteiger charge is 2.31. The number of thioether (sulfide) groups is 1. The number of fused-ring (bicyclic) bond motifs is 3. The number of Topliss-reactive ketones (excluding diaryl/α,β-unsaturated/α-hetero) is 1. The normalized spacial score (nSPS) is 16.4. The molecule has 4 nitrogen and oxygen atoms in total. The number of hydrogen-bond donors (Lipinski definition) is 0. The van der Waals surface area contributed by atoms with E-state index in [4.69, 9.17) is 4.98 Å². The van der Waals surface area contributed by atoms with Gasteiger partial charge in [0.15, 0.2) is 10.9 Å². The van der Waals surface area contributed by atoms with Gasteiger partial charge in [0.05, 0.1) is 11.1 Å². The molecule has 0 spiro atoms. The summed E-state index contributed by atoms with van der Waals surface area (Å²) in [5.74, 6) is 0.377. The van der Waals surface area contributed by atoms with Crippen molar-refractivity contribution in [2.24, 2.45) is 0 Å². The van der Waals surface area contributed by atoms with Gasteiger partial charge in [-0.15, -0.1) is 11.3 Å². The van der Waals surface area contributed by atoms with Gasteiger partial charge in [-0.2, -0.15) is 0 Å². The summed E-state index contributed by atoms with van der Waals surface area (Å²) in [5, 5.41) is 1.55. The van der Waals surface area contributed by atoms with E-state index in [-0.39, 0.29) is 17.4 Å². The lowest BCUT2D eigenvalue weighted by Gasteiger charge is -2.12. The van der Waals surface area contributed by atoms with Crippen LogP contribution in [-0.2, 0) is 12.8 Å². The quantitative estimate of drug-likeness (QED) is 0.358. The van der Waals surface area contributed by atoms with Crippen LogP contribution in [0, 0.1) is 0 Å². The van der Waals surface area contributed by atoms with Crippen LogP contribution in [0.4, 0.5) is 0 Å². The molecule has 2 aliphatic carbocycles. The molecule has 0 saturated heterocycles. The van der Waals surface area contributed by atoms with Crippen LogP contribution in [0.3, 0.4) is 0 Å². The summed E-state index contributed by atoms with van der Waals surface area (Å²) in [6, 6.07) is 9.57. The molecule has 0 unspecified atom stereocenters. The lowest BCUT2D eigenvalue weighted by molar-refractivity contribution is 0.102. The van der Waals surface area contributed by atoms with Crippen molar-refractivity contribution < 1.29 is 4.79 Å². The molecule has 27 heavy (non-hydrogen) atoms. The third kappa shape index (κ3) is 3.15. The van der Waals surface area contributed by atoms with E-state index < -0.39 is 0 Å². The Bertz CT molecular complexity index is 1080. The van der Waals surface area contributed by atoms with Crippen molar-refractivity contribution in [1.29, 1.82) is 0 Å². The number of aryl methyl sites for hydroxylation is 2. The molecule has 2 heterocycles. The van der Waals surface area contributed by atoms with Crippen molar-refractivity contribution in [3.63, 3.8) is 0 Å². The molecule has 138 valence electrons. The van der Waals surface area contributed by atoms with Crippen molar-refractivity contribution in [1.82, 2.24) is 9.55 Å². The number of ketones is 1. The second kappa shape index (κ2) is 6.91. The molecule has 1 fully saturated rings. The molecule has 0 radical (unpaired) electrons. The Morgan fingerprint density at radius 2 is 1.96 bits per heavy atom. The summed E-state index contributed by atoms with van der Waals surface area (Å²) in [4.78, 5) is 32.9. The molecule has 0 N–H and O–H groups in total. The van der Waals surface area contributed by atoms with Crippen molar-refractivity contribution in [2.45, 2.75) is 49.7 Å². The summed E-state index contributed by atoms with van der Waals surface area (Å²) in [7, 11) is 0. The Balaban J connectivity index is 1.53. The number of hydrogen-bond acceptors (Lipinski definition) is 5. The highest BCUT2D eigenvalue weighted by Crippen LogP contribution is 2.39. The van der Waals surface area contributed by atoms with Gasteiger partial charge in [0.1, 0.15) is 4.83 Å². The van der Waals surface area contributed by atoms with Gasteiger partial charge in [0.25, 0.3) is 5.56 Å². The van der Waals surface area contributed by atoms with Crippen molar-refractivity contribution in [3.05, 3.63) is 56.7 Å². The van der Waals surface area contributed by atoms with Gasteiger partial charge in [-0.3, -0.25) is 14.2 Å². The average molecular weight is 397 g/mol. The van der Waals surface area contributed by atoms with E-state index in [0.29, 0.717) is 16.5 Å². The first-order chi connectivity index (χ1) is 13.2. The predicted molar refractivity (Wildman–Crippen MR) is 110 cm³/mol. The van der Waals surface area contributed by atoms with Gasteiger partial charge in [-0.25, -0.2) is 4.98 Å². The van der Waals surface area contributed by atoms with Crippen molar-refractivity contribution in [2.75, 3.05) is 5.75 Å². The van der Waals surface area contributed by atoms with E-state index >= 15 is 0 Å². The first-order valence-electron chi connectivity index (χ1n) is 9.50. The van der Waals surface area contributed by atoms with Crippen molar-refractivity contribution in [3.8, 4) is 0 Å². The molecule has 0 aliphatic heterocycles. The summed E-state index contributed by atoms with van der Waals surface area (Å²) >= 11 is 3.08. The predicted octanol–water partition coefficient (Wildman–Crippen LogP) is 4.65. The molecule has 1 saturated carbocycles. The van der Waals surface area contributed by atoms with Crippen LogP contribution < -0.4 is 5.56 Å². The minimum atomic E-state index is 0.0720. The van der Waals surface area contributed by atoms with Crippen molar-refractivity contribution >= 4 is 39.1 Å². The summed E-state index contributed by atoms with van der Waals surface area (Å²) in [6.07, 6.45) is 6.47. The average Bonchev–Trinajstić information content (AvgIpc) is 3.46. The second-order valence-corrected chi connectivity index (χ2v) is 9.30. The van der Waals surface area contributed by atoms with Crippen LogP contribution in [0.5, 0.6) is 0 Å². The SMILES string of the molecule is O=C(CSc1nc2sc3c(c2c(=O)n1C1CC1)CCCC3)c1ccccc1. The zero-order valence-corrected chi connectivity index (χ0v) is 16.6. The van der Waals surface area contributed by atoms with E-state index in [0.717, 1.165) is 42.3 Å². The van der Waals surface area contributed by atoms with E-state index in [1.54, 1.807) is 11.3 Å². The maximum Gasteiger partial charge on any atom is 0.263 e. The largest absolute Gasteiger partial charge is 0.293 e. The van der Waals surface area contributed by atoms with Gasteiger partial charge in [0, 0.05) is 16.5 Å². The molecule has 0 bridgehead atoms. The van der Waals surface area contributed by atoms with Gasteiger partial charge in [-0.05, 0) is 44.1 Å². The van der Waals surface area contributed by atoms with Crippen LogP contribution in [0.1, 0.15) is 52.5 Å². The first kappa shape index (κ1) is 17.2. The van der Waals surface area contributed by atoms with Gasteiger partial charge in [-0.1, -0.05) is 42.1 Å². The Morgan fingerprint density at radius 1 is 1.19 bits per heavy atom. The molecule has 2 aromatic heterocycles. The van der Waals surface area contributed by atoms with Crippen LogP contribution >= 0.6 is 23.1 Å². The highest BCUT2D eigenvalue weighted by molar-refractivity contribution is 7.99. The summed E-state index contributed by atoms with van der Waals surface area (Å²) < 4.78 is 1.87. The Hall–Kier alpha value is -1.92. The van der Waals surface area contributed by atoms with Crippen LogP contribution in [0.2, 0.25) is 0 Å². The molecule has 1 aromatic carbocycles. The number of thiophene rings is 1. The molecule has 6 heteroatoms. The zero-order valence-electron chi connectivity index (χ0n) is 14.9. The number of nitrogens with zero attached hydrogens (tertiary/aromatic N) is 2. The minimum absolute atomic E-state index is 0.0720. The monoisotopic (exact) mass is 396 g/mol. The fraction of sp³-hybridized carbons (Fsp3) is 0.381. The Labute approximate surface area is 165 Å². The second-order valence-electron chi connectivity index (χ2n) is 7.27. The minimum Gasteiger partial charge on any atom is -0.293 e. The van der Waals surface area contributed by atoms with Crippen LogP contribution in [0.15, 0.2) is 40.3 Å². The molecule has 3 aromatic rings. The number of benzene rings is 1. The number of rotatable bonds is 5. The van der Waals surface area contributed by atoms with Crippen LogP contribution in [-0.4, -0.2) is 21.1 Å². The van der Waals surface area contributed by atoms with Gasteiger partial charge in [0.2, 0.25) is 0 Å². The smallest absolute Gasteiger partial charge is 0.263 e. The fourth-order valence-corrected chi connectivity index (χ4v) is 6.06. The Kier molecular flexibility index (Phi) is 4.40. The molecular formula is C21H20N2O2S2. The van der Waals surface area contributed by atoms with E-state index in [1.165, 1.54) is 28.6 Å². The van der Waals surface area contributed by atoms with E-state index in [1.807, 2.05) is 34.9 Å². The fourth-order valence-electron chi connectivity index (χ4n) is 3.79. The lowest BCUT2D eigenvalue weighted by atomic mass is 9.97. The molecule has 5 rings (SSSR count). The zero-order chi connectivity index (χ0) is 18.4. The van der Waals surface area contributed by atoms with E-state index in [9.17, 15) is 9.59 Å². The Morgan fingerprint density at radius 3 is 2.74 bits per heavy atom. The maximum absolute atomic E-state index is 13.3. The topological polar surface area (TPSA) is 52.0 Å². The summed E-state index contributed by atoms with van der Waals surface area (Å²) in [6.45, 7) is 0. The molecular weight excluding hydrogens is 376 g/mol. The molecule has 0 amide bonds. The summed E-state index contributed by atoms with van der Waals surface area (Å²) in [5.41, 5.74) is 2.06. The number of aromatic nitrogens is 2. The van der Waals surface area contributed by atoms with Crippen LogP contribution in [0.25, 0.3) is 10.2 Å². The highest BCUT2D eigenvalue weighted by atomic mass is 32.2. The number of carbonyl (C=O) groups is 1. The van der Waals surface area contributed by atoms with Gasteiger partial charge < -0.3 is 0 Å².